The lowest BCUT2D eigenvalue weighted by Crippen LogP contribution is -2.11. The highest BCUT2D eigenvalue weighted by atomic mass is 16.5. The van der Waals surface area contributed by atoms with Crippen LogP contribution in [-0.2, 0) is 4.79 Å². The van der Waals surface area contributed by atoms with Crippen LogP contribution in [0.15, 0.2) is 48.5 Å². The number of hydrogen-bond donors (Lipinski definition) is 0. The van der Waals surface area contributed by atoms with E-state index >= 15 is 0 Å². The Morgan fingerprint density at radius 3 is 2.61 bits per heavy atom. The van der Waals surface area contributed by atoms with Gasteiger partial charge >= 0.3 is 5.97 Å². The minimum absolute atomic E-state index is 0.232. The summed E-state index contributed by atoms with van der Waals surface area (Å²) in [5.74, 6) is 0.722. The Labute approximate surface area is 105 Å². The van der Waals surface area contributed by atoms with Crippen LogP contribution in [0.3, 0.4) is 0 Å². The molecule has 0 bridgehead atoms. The van der Waals surface area contributed by atoms with Crippen molar-refractivity contribution in [1.82, 2.24) is 0 Å². The molecule has 3 heteroatoms. The van der Waals surface area contributed by atoms with Gasteiger partial charge in [-0.2, -0.15) is 0 Å². The van der Waals surface area contributed by atoms with Crippen LogP contribution in [0.2, 0.25) is 0 Å². The summed E-state index contributed by atoms with van der Waals surface area (Å²) in [7, 11) is 1.59. The second-order valence-corrected chi connectivity index (χ2v) is 4.17. The molecule has 0 aromatic heterocycles. The van der Waals surface area contributed by atoms with Gasteiger partial charge in [0.25, 0.3) is 0 Å². The van der Waals surface area contributed by atoms with Gasteiger partial charge in [0.05, 0.1) is 7.11 Å². The summed E-state index contributed by atoms with van der Waals surface area (Å²) >= 11 is 0. The lowest BCUT2D eigenvalue weighted by molar-refractivity contribution is -0.133. The first-order valence-corrected chi connectivity index (χ1v) is 5.74. The molecule has 1 atom stereocenters. The van der Waals surface area contributed by atoms with E-state index in [1.165, 1.54) is 0 Å². The fraction of sp³-hybridized carbons (Fsp3) is 0.133. The summed E-state index contributed by atoms with van der Waals surface area (Å²) in [6.07, 6.45) is 0. The summed E-state index contributed by atoms with van der Waals surface area (Å²) in [4.78, 5) is 12.0. The van der Waals surface area contributed by atoms with Crippen molar-refractivity contribution in [2.75, 3.05) is 7.11 Å². The molecule has 0 saturated heterocycles. The van der Waals surface area contributed by atoms with Crippen molar-refractivity contribution >= 4 is 5.97 Å². The van der Waals surface area contributed by atoms with Crippen molar-refractivity contribution in [3.63, 3.8) is 0 Å². The molecule has 90 valence electrons. The van der Waals surface area contributed by atoms with Gasteiger partial charge in [0, 0.05) is 11.6 Å². The molecule has 3 nitrogen and oxygen atoms in total. The molecule has 0 fully saturated rings. The van der Waals surface area contributed by atoms with Crippen molar-refractivity contribution in [2.24, 2.45) is 0 Å². The highest BCUT2D eigenvalue weighted by molar-refractivity contribution is 5.89. The highest BCUT2D eigenvalue weighted by Crippen LogP contribution is 2.40. The van der Waals surface area contributed by atoms with Gasteiger partial charge in [0.2, 0.25) is 0 Å². The van der Waals surface area contributed by atoms with E-state index in [2.05, 4.69) is 0 Å². The largest absolute Gasteiger partial charge is 0.497 e. The van der Waals surface area contributed by atoms with Gasteiger partial charge in [-0.25, -0.2) is 0 Å². The Kier molecular flexibility index (Phi) is 2.52. The zero-order chi connectivity index (χ0) is 12.5. The molecule has 0 amide bonds. The van der Waals surface area contributed by atoms with Crippen LogP contribution >= 0.6 is 0 Å². The maximum Gasteiger partial charge on any atom is 0.323 e. The zero-order valence-corrected chi connectivity index (χ0v) is 9.92. The van der Waals surface area contributed by atoms with Crippen molar-refractivity contribution < 1.29 is 14.3 Å². The van der Waals surface area contributed by atoms with E-state index in [9.17, 15) is 4.79 Å². The van der Waals surface area contributed by atoms with Crippen molar-refractivity contribution in [2.45, 2.75) is 5.92 Å². The van der Waals surface area contributed by atoms with E-state index in [-0.39, 0.29) is 11.9 Å². The van der Waals surface area contributed by atoms with Crippen LogP contribution in [0.5, 0.6) is 11.5 Å². The van der Waals surface area contributed by atoms with Gasteiger partial charge in [0.15, 0.2) is 0 Å². The Hall–Kier alpha value is -2.29. The fourth-order valence-corrected chi connectivity index (χ4v) is 2.22. The summed E-state index contributed by atoms with van der Waals surface area (Å²) < 4.78 is 10.4. The first-order chi connectivity index (χ1) is 8.79. The van der Waals surface area contributed by atoms with Crippen LogP contribution < -0.4 is 9.47 Å². The highest BCUT2D eigenvalue weighted by Gasteiger charge is 2.34. The van der Waals surface area contributed by atoms with Gasteiger partial charge < -0.3 is 9.47 Å². The molecule has 0 spiro atoms. The molecular weight excluding hydrogens is 228 g/mol. The third kappa shape index (κ3) is 1.64. The van der Waals surface area contributed by atoms with Gasteiger partial charge in [-0.05, 0) is 11.6 Å². The van der Waals surface area contributed by atoms with E-state index in [4.69, 9.17) is 9.47 Å². The summed E-state index contributed by atoms with van der Waals surface area (Å²) in [6, 6.07) is 15.1. The molecule has 1 aliphatic heterocycles. The topological polar surface area (TPSA) is 35.5 Å². The Bertz CT molecular complexity index is 590. The second-order valence-electron chi connectivity index (χ2n) is 4.17. The van der Waals surface area contributed by atoms with Gasteiger partial charge in [0.1, 0.15) is 17.4 Å². The van der Waals surface area contributed by atoms with E-state index in [0.717, 1.165) is 11.1 Å². The maximum atomic E-state index is 12.0. The van der Waals surface area contributed by atoms with Gasteiger partial charge in [-0.15, -0.1) is 0 Å². The molecular formula is C15H12O3. The molecule has 0 N–H and O–H groups in total. The number of esters is 1. The maximum absolute atomic E-state index is 12.0. The molecule has 0 radical (unpaired) electrons. The number of fused-ring (bicyclic) bond motifs is 1. The number of methoxy groups -OCH3 is 1. The van der Waals surface area contributed by atoms with Crippen LogP contribution in [0.1, 0.15) is 17.0 Å². The van der Waals surface area contributed by atoms with Gasteiger partial charge in [-0.3, -0.25) is 4.79 Å². The third-order valence-corrected chi connectivity index (χ3v) is 3.11. The molecule has 0 saturated carbocycles. The monoisotopic (exact) mass is 240 g/mol. The first-order valence-electron chi connectivity index (χ1n) is 5.74. The average molecular weight is 240 g/mol. The number of ether oxygens (including phenoxy) is 2. The van der Waals surface area contributed by atoms with E-state index in [1.54, 1.807) is 13.2 Å². The third-order valence-electron chi connectivity index (χ3n) is 3.11. The summed E-state index contributed by atoms with van der Waals surface area (Å²) in [5, 5.41) is 0. The first kappa shape index (κ1) is 10.8. The van der Waals surface area contributed by atoms with Crippen LogP contribution in [-0.4, -0.2) is 13.1 Å². The van der Waals surface area contributed by atoms with Crippen molar-refractivity contribution in [3.8, 4) is 11.5 Å². The van der Waals surface area contributed by atoms with Crippen molar-refractivity contribution in [3.05, 3.63) is 59.7 Å². The number of rotatable bonds is 2. The minimum atomic E-state index is -0.327. The van der Waals surface area contributed by atoms with Crippen LogP contribution in [0.25, 0.3) is 0 Å². The Morgan fingerprint density at radius 1 is 1.11 bits per heavy atom. The SMILES string of the molecule is COc1ccc2c(c1)OC(=O)[C@H]2c1ccccc1. The molecule has 3 rings (SSSR count). The predicted octanol–water partition coefficient (Wildman–Crippen LogP) is 2.75. The smallest absolute Gasteiger partial charge is 0.323 e. The standard InChI is InChI=1S/C15H12O3/c1-17-11-7-8-12-13(9-11)18-15(16)14(12)10-5-3-2-4-6-10/h2-9,14H,1H3/t14-/m0/s1. The molecule has 1 aliphatic rings. The number of hydrogen-bond acceptors (Lipinski definition) is 3. The molecule has 0 unspecified atom stereocenters. The molecule has 2 aromatic rings. The number of carbonyl (C=O) groups excluding carboxylic acids is 1. The van der Waals surface area contributed by atoms with Crippen LogP contribution in [0, 0.1) is 0 Å². The minimum Gasteiger partial charge on any atom is -0.497 e. The Balaban J connectivity index is 2.07. The quantitative estimate of drug-likeness (QED) is 0.598. The lowest BCUT2D eigenvalue weighted by atomic mass is 9.93. The molecule has 2 aromatic carbocycles. The molecule has 18 heavy (non-hydrogen) atoms. The van der Waals surface area contributed by atoms with Crippen molar-refractivity contribution in [1.29, 1.82) is 0 Å². The number of carbonyl (C=O) groups is 1. The molecule has 0 aliphatic carbocycles. The Morgan fingerprint density at radius 2 is 1.89 bits per heavy atom. The van der Waals surface area contributed by atoms with E-state index in [1.807, 2.05) is 42.5 Å². The predicted molar refractivity (Wildman–Crippen MR) is 66.9 cm³/mol. The summed E-state index contributed by atoms with van der Waals surface area (Å²) in [6.45, 7) is 0. The average Bonchev–Trinajstić information content (AvgIpc) is 2.74. The normalized spacial score (nSPS) is 17.2. The van der Waals surface area contributed by atoms with E-state index in [0.29, 0.717) is 11.5 Å². The second kappa shape index (κ2) is 4.18. The van der Waals surface area contributed by atoms with Gasteiger partial charge in [-0.1, -0.05) is 36.4 Å². The lowest BCUT2D eigenvalue weighted by Gasteiger charge is -2.07. The van der Waals surface area contributed by atoms with E-state index < -0.39 is 0 Å². The zero-order valence-electron chi connectivity index (χ0n) is 9.92. The summed E-state index contributed by atoms with van der Waals surface area (Å²) in [5.41, 5.74) is 1.85. The number of benzene rings is 2. The fourth-order valence-electron chi connectivity index (χ4n) is 2.22. The molecule has 1 heterocycles. The van der Waals surface area contributed by atoms with Crippen LogP contribution in [0.4, 0.5) is 0 Å².